The van der Waals surface area contributed by atoms with Gasteiger partial charge in [-0.1, -0.05) is 26.7 Å². The molecule has 0 aromatic heterocycles. The molecule has 0 heterocycles. The van der Waals surface area contributed by atoms with E-state index in [-0.39, 0.29) is 0 Å². The fourth-order valence-electron chi connectivity index (χ4n) is 1.05. The second-order valence-corrected chi connectivity index (χ2v) is 2.98. The summed E-state index contributed by atoms with van der Waals surface area (Å²) >= 11 is 0. The lowest BCUT2D eigenvalue weighted by Gasteiger charge is -2.09. The molecule has 0 atom stereocenters. The minimum atomic E-state index is 1.01. The van der Waals surface area contributed by atoms with E-state index >= 15 is 0 Å². The van der Waals surface area contributed by atoms with Crippen LogP contribution in [0.5, 0.6) is 0 Å². The highest BCUT2D eigenvalue weighted by Gasteiger charge is 2.03. The van der Waals surface area contributed by atoms with Crippen LogP contribution < -0.4 is 4.90 Å². The molecule has 0 fully saturated rings. The number of carbonyl (C=O) groups excluding carboxylic acids is 1. The Balaban J connectivity index is 3.33. The maximum atomic E-state index is 10.5. The highest BCUT2D eigenvalue weighted by molar-refractivity contribution is 5.33. The first-order chi connectivity index (χ1) is 5.35. The number of hydrogen-bond donors (Lipinski definition) is 1. The lowest BCUT2D eigenvalue weighted by molar-refractivity contribution is -0.811. The number of unbranched alkanes of at least 4 members (excludes halogenated alkanes) is 2. The minimum absolute atomic E-state index is 1.01. The first-order valence-corrected chi connectivity index (χ1v) is 4.65. The molecule has 0 saturated carbocycles. The molecule has 0 aliphatic rings. The zero-order chi connectivity index (χ0) is 8.53. The van der Waals surface area contributed by atoms with Crippen LogP contribution in [0.2, 0.25) is 0 Å². The molecule has 0 aliphatic heterocycles. The normalized spacial score (nSPS) is 10.5. The second kappa shape index (κ2) is 7.73. The van der Waals surface area contributed by atoms with Crippen molar-refractivity contribution < 1.29 is 9.69 Å². The van der Waals surface area contributed by atoms with Gasteiger partial charge in [-0.05, 0) is 12.8 Å². The lowest BCUT2D eigenvalue weighted by atomic mass is 10.3. The molecule has 0 unspecified atom stereocenters. The standard InChI is InChI=1S/C9H19NO/c1-3-5-7-10(9-11)8-6-4-2/h9H,3-8H2,1-2H3/p+1. The van der Waals surface area contributed by atoms with Gasteiger partial charge in [-0.3, -0.25) is 4.90 Å². The molecular formula is C9H20NO+. The smallest absolute Gasteiger partial charge is 0.275 e. The molecular weight excluding hydrogens is 138 g/mol. The highest BCUT2D eigenvalue weighted by atomic mass is 16.1. The molecule has 0 radical (unpaired) electrons. The van der Waals surface area contributed by atoms with E-state index in [1.165, 1.54) is 12.8 Å². The summed E-state index contributed by atoms with van der Waals surface area (Å²) < 4.78 is 0. The maximum Gasteiger partial charge on any atom is 0.299 e. The van der Waals surface area contributed by atoms with Gasteiger partial charge in [0.05, 0.1) is 13.1 Å². The zero-order valence-electron chi connectivity index (χ0n) is 7.73. The molecule has 1 N–H and O–H groups in total. The van der Waals surface area contributed by atoms with Crippen molar-refractivity contribution in [2.45, 2.75) is 39.5 Å². The number of hydrogen-bond acceptors (Lipinski definition) is 1. The van der Waals surface area contributed by atoms with Gasteiger partial charge in [0.1, 0.15) is 0 Å². The third-order valence-electron chi connectivity index (χ3n) is 1.87. The van der Waals surface area contributed by atoms with Gasteiger partial charge in [0.25, 0.3) is 6.41 Å². The van der Waals surface area contributed by atoms with Gasteiger partial charge in [0.2, 0.25) is 0 Å². The molecule has 0 aliphatic carbocycles. The molecule has 0 rings (SSSR count). The maximum absolute atomic E-state index is 10.5. The van der Waals surface area contributed by atoms with E-state index in [2.05, 4.69) is 13.8 Å². The molecule has 0 aromatic carbocycles. The predicted molar refractivity (Wildman–Crippen MR) is 46.6 cm³/mol. The van der Waals surface area contributed by atoms with E-state index in [1.54, 1.807) is 0 Å². The van der Waals surface area contributed by atoms with Crippen molar-refractivity contribution in [1.82, 2.24) is 0 Å². The minimum Gasteiger partial charge on any atom is -0.275 e. The molecule has 0 spiro atoms. The average Bonchev–Trinajstić information content (AvgIpc) is 2.05. The molecule has 0 bridgehead atoms. The van der Waals surface area contributed by atoms with Crippen molar-refractivity contribution in [3.63, 3.8) is 0 Å². The molecule has 66 valence electrons. The first-order valence-electron chi connectivity index (χ1n) is 4.65. The predicted octanol–water partition coefficient (Wildman–Crippen LogP) is 0.628. The van der Waals surface area contributed by atoms with Crippen molar-refractivity contribution in [1.29, 1.82) is 0 Å². The Morgan fingerprint density at radius 3 is 1.82 bits per heavy atom. The first kappa shape index (κ1) is 10.6. The van der Waals surface area contributed by atoms with E-state index in [0.29, 0.717) is 0 Å². The summed E-state index contributed by atoms with van der Waals surface area (Å²) in [6.07, 6.45) is 5.74. The Kier molecular flexibility index (Phi) is 7.47. The van der Waals surface area contributed by atoms with Crippen LogP contribution in [0.1, 0.15) is 39.5 Å². The van der Waals surface area contributed by atoms with E-state index in [1.807, 2.05) is 0 Å². The SMILES string of the molecule is CCCC[NH+](C=O)CCCC. The van der Waals surface area contributed by atoms with Gasteiger partial charge >= 0.3 is 0 Å². The molecule has 0 aromatic rings. The van der Waals surface area contributed by atoms with Crippen molar-refractivity contribution >= 4 is 6.41 Å². The van der Waals surface area contributed by atoms with E-state index in [0.717, 1.165) is 37.2 Å². The summed E-state index contributed by atoms with van der Waals surface area (Å²) in [5.74, 6) is 0. The summed E-state index contributed by atoms with van der Waals surface area (Å²) in [4.78, 5) is 11.6. The van der Waals surface area contributed by atoms with Gasteiger partial charge in [0, 0.05) is 0 Å². The Labute approximate surface area is 69.6 Å². The second-order valence-electron chi connectivity index (χ2n) is 2.98. The van der Waals surface area contributed by atoms with Crippen molar-refractivity contribution in [3.05, 3.63) is 0 Å². The topological polar surface area (TPSA) is 21.5 Å². The molecule has 11 heavy (non-hydrogen) atoms. The zero-order valence-corrected chi connectivity index (χ0v) is 7.73. The van der Waals surface area contributed by atoms with Gasteiger partial charge in [0.15, 0.2) is 0 Å². The van der Waals surface area contributed by atoms with Crippen LogP contribution in [-0.4, -0.2) is 19.5 Å². The average molecular weight is 158 g/mol. The number of carbonyl (C=O) groups is 1. The molecule has 2 heteroatoms. The number of amides is 1. The third kappa shape index (κ3) is 6.05. The van der Waals surface area contributed by atoms with Gasteiger partial charge in [-0.2, -0.15) is 0 Å². The van der Waals surface area contributed by atoms with E-state index in [4.69, 9.17) is 0 Å². The van der Waals surface area contributed by atoms with Crippen LogP contribution in [0.3, 0.4) is 0 Å². The summed E-state index contributed by atoms with van der Waals surface area (Å²) in [5, 5.41) is 0. The molecule has 2 nitrogen and oxygen atoms in total. The Morgan fingerprint density at radius 2 is 1.55 bits per heavy atom. The monoisotopic (exact) mass is 158 g/mol. The molecule has 1 amide bonds. The van der Waals surface area contributed by atoms with Crippen molar-refractivity contribution in [2.24, 2.45) is 0 Å². The van der Waals surface area contributed by atoms with Crippen LogP contribution in [-0.2, 0) is 4.79 Å². The van der Waals surface area contributed by atoms with E-state index in [9.17, 15) is 4.79 Å². The Bertz CT molecular complexity index is 85.6. The largest absolute Gasteiger partial charge is 0.299 e. The summed E-state index contributed by atoms with van der Waals surface area (Å²) in [6.45, 7) is 6.34. The van der Waals surface area contributed by atoms with Gasteiger partial charge in [-0.15, -0.1) is 0 Å². The lowest BCUT2D eigenvalue weighted by Crippen LogP contribution is -3.11. The summed E-state index contributed by atoms with van der Waals surface area (Å²) in [5.41, 5.74) is 0. The quantitative estimate of drug-likeness (QED) is 0.539. The highest BCUT2D eigenvalue weighted by Crippen LogP contribution is 1.81. The summed E-state index contributed by atoms with van der Waals surface area (Å²) in [6, 6.07) is 0. The van der Waals surface area contributed by atoms with Crippen molar-refractivity contribution in [3.8, 4) is 0 Å². The Hall–Kier alpha value is -0.370. The van der Waals surface area contributed by atoms with Crippen LogP contribution >= 0.6 is 0 Å². The number of nitrogens with one attached hydrogen (secondary N) is 1. The van der Waals surface area contributed by atoms with E-state index < -0.39 is 0 Å². The fourth-order valence-corrected chi connectivity index (χ4v) is 1.05. The third-order valence-corrected chi connectivity index (χ3v) is 1.87. The Morgan fingerprint density at radius 1 is 1.09 bits per heavy atom. The van der Waals surface area contributed by atoms with Crippen LogP contribution in [0.4, 0.5) is 0 Å². The molecule has 0 saturated heterocycles. The van der Waals surface area contributed by atoms with Gasteiger partial charge < -0.3 is 0 Å². The number of quaternary nitrogens is 1. The fraction of sp³-hybridized carbons (Fsp3) is 0.889. The van der Waals surface area contributed by atoms with Crippen LogP contribution in [0, 0.1) is 0 Å². The van der Waals surface area contributed by atoms with Gasteiger partial charge in [-0.25, -0.2) is 4.79 Å². The number of rotatable bonds is 7. The van der Waals surface area contributed by atoms with Crippen molar-refractivity contribution in [2.75, 3.05) is 13.1 Å². The van der Waals surface area contributed by atoms with Crippen LogP contribution in [0.15, 0.2) is 0 Å². The van der Waals surface area contributed by atoms with Crippen LogP contribution in [0.25, 0.3) is 0 Å². The summed E-state index contributed by atoms with van der Waals surface area (Å²) in [7, 11) is 0.